The lowest BCUT2D eigenvalue weighted by Crippen LogP contribution is -2.52. The molecule has 1 aliphatic carbocycles. The van der Waals surface area contributed by atoms with Gasteiger partial charge in [0, 0.05) is 6.54 Å². The predicted molar refractivity (Wildman–Crippen MR) is 70.5 cm³/mol. The minimum atomic E-state index is -0.982. The summed E-state index contributed by atoms with van der Waals surface area (Å²) in [7, 11) is 0. The first-order valence-corrected chi connectivity index (χ1v) is 6.83. The molecule has 1 aliphatic heterocycles. The van der Waals surface area contributed by atoms with E-state index >= 15 is 0 Å². The van der Waals surface area contributed by atoms with Gasteiger partial charge >= 0.3 is 5.97 Å². The summed E-state index contributed by atoms with van der Waals surface area (Å²) in [6, 6.07) is 3.85. The molecule has 1 saturated carbocycles. The van der Waals surface area contributed by atoms with Crippen LogP contribution in [0.5, 0.6) is 0 Å². The van der Waals surface area contributed by atoms with Gasteiger partial charge in [0.2, 0.25) is 0 Å². The summed E-state index contributed by atoms with van der Waals surface area (Å²) in [5.74, 6) is -0.982. The molecule has 1 saturated heterocycles. The minimum absolute atomic E-state index is 0.0946. The Hall–Kier alpha value is -1.62. The van der Waals surface area contributed by atoms with Crippen molar-refractivity contribution in [2.75, 3.05) is 18.1 Å². The second-order valence-corrected chi connectivity index (χ2v) is 5.16. The Morgan fingerprint density at radius 1 is 1.37 bits per heavy atom. The fraction of sp³-hybridized carbons (Fsp3) is 0.571. The third-order valence-corrected chi connectivity index (χ3v) is 4.03. The molecule has 0 spiro atoms. The number of nitrogens with zero attached hydrogens (tertiary/aromatic N) is 2. The van der Waals surface area contributed by atoms with E-state index in [1.54, 1.807) is 12.3 Å². The van der Waals surface area contributed by atoms with E-state index in [0.717, 1.165) is 31.7 Å². The van der Waals surface area contributed by atoms with Crippen molar-refractivity contribution in [3.8, 4) is 0 Å². The first-order chi connectivity index (χ1) is 9.25. The number of carboxylic acids is 1. The Morgan fingerprint density at radius 2 is 2.21 bits per heavy atom. The summed E-state index contributed by atoms with van der Waals surface area (Å²) >= 11 is 0. The van der Waals surface area contributed by atoms with Gasteiger partial charge in [-0.25, -0.2) is 9.78 Å². The van der Waals surface area contributed by atoms with Gasteiger partial charge in [0.15, 0.2) is 0 Å². The summed E-state index contributed by atoms with van der Waals surface area (Å²) in [6.07, 6.45) is 6.74. The Labute approximate surface area is 112 Å². The number of aromatic carboxylic acids is 1. The maximum atomic E-state index is 10.8. The number of hydrogen-bond acceptors (Lipinski definition) is 4. The number of carboxylic acid groups (broad SMARTS) is 1. The van der Waals surface area contributed by atoms with E-state index in [1.807, 2.05) is 6.07 Å². The van der Waals surface area contributed by atoms with E-state index in [4.69, 9.17) is 9.84 Å². The van der Waals surface area contributed by atoms with Crippen molar-refractivity contribution in [3.05, 3.63) is 24.0 Å². The number of pyridine rings is 1. The van der Waals surface area contributed by atoms with Crippen LogP contribution in [0.3, 0.4) is 0 Å². The van der Waals surface area contributed by atoms with Crippen molar-refractivity contribution >= 4 is 11.7 Å². The highest BCUT2D eigenvalue weighted by molar-refractivity contribution is 5.85. The highest BCUT2D eigenvalue weighted by atomic mass is 16.5. The van der Waals surface area contributed by atoms with Crippen molar-refractivity contribution in [1.29, 1.82) is 0 Å². The molecule has 2 unspecified atom stereocenters. The molecule has 1 aromatic heterocycles. The van der Waals surface area contributed by atoms with Crippen LogP contribution >= 0.6 is 0 Å². The number of aromatic nitrogens is 1. The Balaban J connectivity index is 1.81. The normalized spacial score (nSPS) is 26.8. The molecule has 1 aromatic rings. The molecular weight excluding hydrogens is 244 g/mol. The van der Waals surface area contributed by atoms with E-state index in [1.165, 1.54) is 12.8 Å². The van der Waals surface area contributed by atoms with Crippen LogP contribution in [0.15, 0.2) is 18.3 Å². The first kappa shape index (κ1) is 12.4. The molecule has 2 heterocycles. The van der Waals surface area contributed by atoms with Gasteiger partial charge in [0.05, 0.1) is 30.6 Å². The van der Waals surface area contributed by atoms with Crippen LogP contribution in [0.1, 0.15) is 36.2 Å². The standard InChI is InChI=1S/C14H18N2O3/c17-14(18)11-6-5-10(9-15-11)16-7-8-19-13-4-2-1-3-12(13)16/h5-6,9,12-13H,1-4,7-8H2,(H,17,18). The van der Waals surface area contributed by atoms with E-state index in [-0.39, 0.29) is 5.69 Å². The summed E-state index contributed by atoms with van der Waals surface area (Å²) in [4.78, 5) is 17.2. The van der Waals surface area contributed by atoms with Gasteiger partial charge in [-0.1, -0.05) is 12.8 Å². The molecule has 5 nitrogen and oxygen atoms in total. The first-order valence-electron chi connectivity index (χ1n) is 6.83. The Kier molecular flexibility index (Phi) is 3.38. The third kappa shape index (κ3) is 2.42. The number of carbonyl (C=O) groups is 1. The largest absolute Gasteiger partial charge is 0.477 e. The molecule has 2 fully saturated rings. The lowest BCUT2D eigenvalue weighted by molar-refractivity contribution is -0.00870. The van der Waals surface area contributed by atoms with E-state index in [9.17, 15) is 4.79 Å². The molecule has 0 bridgehead atoms. The second-order valence-electron chi connectivity index (χ2n) is 5.16. The SMILES string of the molecule is O=C(O)c1ccc(N2CCOC3CCCCC32)cn1. The summed E-state index contributed by atoms with van der Waals surface area (Å²) in [6.45, 7) is 1.59. The topological polar surface area (TPSA) is 62.7 Å². The van der Waals surface area contributed by atoms with Crippen LogP contribution in [-0.2, 0) is 4.74 Å². The summed E-state index contributed by atoms with van der Waals surface area (Å²) in [5.41, 5.74) is 1.10. The molecule has 1 N–H and O–H groups in total. The zero-order chi connectivity index (χ0) is 13.2. The quantitative estimate of drug-likeness (QED) is 0.882. The highest BCUT2D eigenvalue weighted by Crippen LogP contribution is 2.31. The average Bonchev–Trinajstić information content (AvgIpc) is 2.47. The van der Waals surface area contributed by atoms with Crippen molar-refractivity contribution < 1.29 is 14.6 Å². The third-order valence-electron chi connectivity index (χ3n) is 4.03. The fourth-order valence-corrected chi connectivity index (χ4v) is 3.10. The Morgan fingerprint density at radius 3 is 2.95 bits per heavy atom. The molecule has 2 atom stereocenters. The number of hydrogen-bond donors (Lipinski definition) is 1. The van der Waals surface area contributed by atoms with Gasteiger partial charge in [-0.3, -0.25) is 0 Å². The second kappa shape index (κ2) is 5.17. The molecule has 102 valence electrons. The molecule has 5 heteroatoms. The van der Waals surface area contributed by atoms with Crippen molar-refractivity contribution in [1.82, 2.24) is 4.98 Å². The minimum Gasteiger partial charge on any atom is -0.477 e. The highest BCUT2D eigenvalue weighted by Gasteiger charge is 2.34. The van der Waals surface area contributed by atoms with Crippen LogP contribution < -0.4 is 4.90 Å². The lowest BCUT2D eigenvalue weighted by Gasteiger charge is -2.45. The predicted octanol–water partition coefficient (Wildman–Crippen LogP) is 1.93. The van der Waals surface area contributed by atoms with E-state index in [2.05, 4.69) is 9.88 Å². The van der Waals surface area contributed by atoms with Gasteiger partial charge in [-0.2, -0.15) is 0 Å². The maximum Gasteiger partial charge on any atom is 0.354 e. The summed E-state index contributed by atoms with van der Waals surface area (Å²) in [5, 5.41) is 8.88. The van der Waals surface area contributed by atoms with Crippen molar-refractivity contribution in [2.24, 2.45) is 0 Å². The van der Waals surface area contributed by atoms with Crippen LogP contribution in [-0.4, -0.2) is 41.4 Å². The monoisotopic (exact) mass is 262 g/mol. The number of fused-ring (bicyclic) bond motifs is 1. The van der Waals surface area contributed by atoms with Gasteiger partial charge in [-0.15, -0.1) is 0 Å². The van der Waals surface area contributed by atoms with E-state index in [0.29, 0.717) is 12.1 Å². The average molecular weight is 262 g/mol. The van der Waals surface area contributed by atoms with Gasteiger partial charge in [0.25, 0.3) is 0 Å². The van der Waals surface area contributed by atoms with Gasteiger partial charge in [-0.05, 0) is 25.0 Å². The number of ether oxygens (including phenoxy) is 1. The zero-order valence-corrected chi connectivity index (χ0v) is 10.8. The van der Waals surface area contributed by atoms with Crippen LogP contribution in [0.25, 0.3) is 0 Å². The molecular formula is C14H18N2O3. The maximum absolute atomic E-state index is 10.8. The smallest absolute Gasteiger partial charge is 0.354 e. The lowest BCUT2D eigenvalue weighted by atomic mass is 9.90. The number of rotatable bonds is 2. The number of morpholine rings is 1. The van der Waals surface area contributed by atoms with Crippen molar-refractivity contribution in [3.63, 3.8) is 0 Å². The summed E-state index contributed by atoms with van der Waals surface area (Å²) < 4.78 is 5.84. The Bertz CT molecular complexity index is 458. The van der Waals surface area contributed by atoms with Gasteiger partial charge < -0.3 is 14.7 Å². The van der Waals surface area contributed by atoms with Crippen molar-refractivity contribution in [2.45, 2.75) is 37.8 Å². The zero-order valence-electron chi connectivity index (χ0n) is 10.8. The molecule has 0 amide bonds. The molecule has 2 aliphatic rings. The van der Waals surface area contributed by atoms with E-state index < -0.39 is 5.97 Å². The molecule has 0 radical (unpaired) electrons. The molecule has 3 rings (SSSR count). The van der Waals surface area contributed by atoms with Gasteiger partial charge in [0.1, 0.15) is 5.69 Å². The number of anilines is 1. The van der Waals surface area contributed by atoms with Crippen LogP contribution in [0, 0.1) is 0 Å². The van der Waals surface area contributed by atoms with Crippen LogP contribution in [0.4, 0.5) is 5.69 Å². The fourth-order valence-electron chi connectivity index (χ4n) is 3.10. The molecule has 19 heavy (non-hydrogen) atoms. The van der Waals surface area contributed by atoms with Crippen LogP contribution in [0.2, 0.25) is 0 Å². The molecule has 0 aromatic carbocycles.